The molecule has 3 aromatic rings. The number of carbonyl (C=O) groups is 1. The maximum Gasteiger partial charge on any atom is 0.265 e. The highest BCUT2D eigenvalue weighted by molar-refractivity contribution is 7.92. The van der Waals surface area contributed by atoms with Crippen molar-refractivity contribution in [3.8, 4) is 5.75 Å². The third kappa shape index (κ3) is 5.93. The SMILES string of the molecule is Cc1ccc(NS(=O)(=O)c2ccc(NC(=O)[C@@H](C)Oc3cc(C)cc(C)c3C)cc2)c(C)c1. The highest BCUT2D eigenvalue weighted by atomic mass is 32.2. The lowest BCUT2D eigenvalue weighted by Crippen LogP contribution is -2.30. The molecule has 0 saturated carbocycles. The lowest BCUT2D eigenvalue weighted by atomic mass is 10.1. The van der Waals surface area contributed by atoms with Gasteiger partial charge in [0.2, 0.25) is 0 Å². The Morgan fingerprint density at radius 1 is 0.848 bits per heavy atom. The fourth-order valence-corrected chi connectivity index (χ4v) is 4.59. The Labute approximate surface area is 196 Å². The summed E-state index contributed by atoms with van der Waals surface area (Å²) in [7, 11) is -3.75. The quantitative estimate of drug-likeness (QED) is 0.486. The second kappa shape index (κ2) is 9.67. The highest BCUT2D eigenvalue weighted by Gasteiger charge is 2.18. The smallest absolute Gasteiger partial charge is 0.265 e. The maximum absolute atomic E-state index is 12.8. The van der Waals surface area contributed by atoms with Gasteiger partial charge < -0.3 is 10.1 Å². The zero-order valence-electron chi connectivity index (χ0n) is 19.8. The van der Waals surface area contributed by atoms with E-state index in [1.54, 1.807) is 25.1 Å². The first-order chi connectivity index (χ1) is 15.5. The normalized spacial score (nSPS) is 12.2. The monoisotopic (exact) mass is 466 g/mol. The average molecular weight is 467 g/mol. The van der Waals surface area contributed by atoms with E-state index in [1.165, 1.54) is 12.1 Å². The first-order valence-corrected chi connectivity index (χ1v) is 12.2. The van der Waals surface area contributed by atoms with Crippen LogP contribution in [0.15, 0.2) is 59.5 Å². The van der Waals surface area contributed by atoms with Crippen molar-refractivity contribution in [1.29, 1.82) is 0 Å². The molecule has 1 amide bonds. The van der Waals surface area contributed by atoms with Gasteiger partial charge in [0, 0.05) is 5.69 Å². The van der Waals surface area contributed by atoms with Crippen LogP contribution in [0.5, 0.6) is 5.75 Å². The van der Waals surface area contributed by atoms with E-state index >= 15 is 0 Å². The van der Waals surface area contributed by atoms with Gasteiger partial charge in [-0.2, -0.15) is 0 Å². The number of aryl methyl sites for hydroxylation is 4. The van der Waals surface area contributed by atoms with Crippen LogP contribution in [0.4, 0.5) is 11.4 Å². The lowest BCUT2D eigenvalue weighted by molar-refractivity contribution is -0.122. The van der Waals surface area contributed by atoms with Gasteiger partial charge in [0.1, 0.15) is 5.75 Å². The number of sulfonamides is 1. The molecule has 0 aliphatic carbocycles. The molecule has 3 aromatic carbocycles. The lowest BCUT2D eigenvalue weighted by Gasteiger charge is -2.18. The van der Waals surface area contributed by atoms with Crippen molar-refractivity contribution in [1.82, 2.24) is 0 Å². The summed E-state index contributed by atoms with van der Waals surface area (Å²) >= 11 is 0. The molecule has 3 rings (SSSR count). The van der Waals surface area contributed by atoms with Crippen LogP contribution >= 0.6 is 0 Å². The minimum Gasteiger partial charge on any atom is -0.481 e. The average Bonchev–Trinajstić information content (AvgIpc) is 2.74. The van der Waals surface area contributed by atoms with Gasteiger partial charge >= 0.3 is 0 Å². The Balaban J connectivity index is 1.68. The molecule has 0 aliphatic heterocycles. The molecular formula is C26H30N2O4S. The van der Waals surface area contributed by atoms with E-state index < -0.39 is 16.1 Å². The fraction of sp³-hybridized carbons (Fsp3) is 0.269. The van der Waals surface area contributed by atoms with Crippen LogP contribution in [0.2, 0.25) is 0 Å². The van der Waals surface area contributed by atoms with Gasteiger partial charge in [-0.15, -0.1) is 0 Å². The minimum absolute atomic E-state index is 0.107. The Hall–Kier alpha value is -3.32. The molecule has 6 nitrogen and oxygen atoms in total. The molecule has 1 atom stereocenters. The largest absolute Gasteiger partial charge is 0.481 e. The second-order valence-electron chi connectivity index (χ2n) is 8.40. The molecule has 33 heavy (non-hydrogen) atoms. The van der Waals surface area contributed by atoms with E-state index in [9.17, 15) is 13.2 Å². The Kier molecular flexibility index (Phi) is 7.12. The summed E-state index contributed by atoms with van der Waals surface area (Å²) in [5, 5.41) is 2.78. The number of carbonyl (C=O) groups excluding carboxylic acids is 1. The van der Waals surface area contributed by atoms with Crippen molar-refractivity contribution >= 4 is 27.3 Å². The number of hydrogen-bond donors (Lipinski definition) is 2. The van der Waals surface area contributed by atoms with Crippen LogP contribution in [0.1, 0.15) is 34.7 Å². The minimum atomic E-state index is -3.75. The number of hydrogen-bond acceptors (Lipinski definition) is 4. The van der Waals surface area contributed by atoms with Gasteiger partial charge in [0.15, 0.2) is 6.10 Å². The van der Waals surface area contributed by atoms with Crippen LogP contribution in [-0.4, -0.2) is 20.4 Å². The van der Waals surface area contributed by atoms with Crippen LogP contribution in [-0.2, 0) is 14.8 Å². The predicted molar refractivity (Wildman–Crippen MR) is 133 cm³/mol. The van der Waals surface area contributed by atoms with Crippen LogP contribution in [0, 0.1) is 34.6 Å². The molecule has 0 aliphatic rings. The van der Waals surface area contributed by atoms with Gasteiger partial charge in [0.25, 0.3) is 15.9 Å². The molecule has 0 bridgehead atoms. The molecule has 0 saturated heterocycles. The van der Waals surface area contributed by atoms with E-state index in [-0.39, 0.29) is 10.8 Å². The molecular weight excluding hydrogens is 436 g/mol. The third-order valence-corrected chi connectivity index (χ3v) is 6.88. The molecule has 0 aromatic heterocycles. The van der Waals surface area contributed by atoms with Gasteiger partial charge in [0.05, 0.1) is 10.6 Å². The Morgan fingerprint density at radius 2 is 1.48 bits per heavy atom. The summed E-state index contributed by atoms with van der Waals surface area (Å²) in [6.45, 7) is 11.4. The third-order valence-electron chi connectivity index (χ3n) is 5.50. The topological polar surface area (TPSA) is 84.5 Å². The first kappa shape index (κ1) is 24.3. The van der Waals surface area contributed by atoms with Gasteiger partial charge in [-0.3, -0.25) is 9.52 Å². The molecule has 2 N–H and O–H groups in total. The van der Waals surface area contributed by atoms with E-state index in [0.29, 0.717) is 17.1 Å². The highest BCUT2D eigenvalue weighted by Crippen LogP contribution is 2.25. The molecule has 0 unspecified atom stereocenters. The Bertz CT molecular complexity index is 1280. The van der Waals surface area contributed by atoms with E-state index in [4.69, 9.17) is 4.74 Å². The summed E-state index contributed by atoms with van der Waals surface area (Å²) in [5.41, 5.74) is 6.07. The second-order valence-corrected chi connectivity index (χ2v) is 10.1. The van der Waals surface area contributed by atoms with Crippen molar-refractivity contribution in [2.24, 2.45) is 0 Å². The number of amides is 1. The molecule has 0 spiro atoms. The molecule has 0 radical (unpaired) electrons. The number of benzene rings is 3. The molecule has 0 heterocycles. The number of nitrogens with one attached hydrogen (secondary N) is 2. The summed E-state index contributed by atoms with van der Waals surface area (Å²) < 4.78 is 34.0. The van der Waals surface area contributed by atoms with Crippen LogP contribution in [0.3, 0.4) is 0 Å². The summed E-state index contributed by atoms with van der Waals surface area (Å²) in [4.78, 5) is 12.7. The van der Waals surface area contributed by atoms with Gasteiger partial charge in [-0.05, 0) is 100 Å². The van der Waals surface area contributed by atoms with Crippen molar-refractivity contribution < 1.29 is 17.9 Å². The van der Waals surface area contributed by atoms with Crippen LogP contribution in [0.25, 0.3) is 0 Å². The van der Waals surface area contributed by atoms with Crippen molar-refractivity contribution in [3.63, 3.8) is 0 Å². The maximum atomic E-state index is 12.8. The predicted octanol–water partition coefficient (Wildman–Crippen LogP) is 5.44. The fourth-order valence-electron chi connectivity index (χ4n) is 3.46. The van der Waals surface area contributed by atoms with Crippen molar-refractivity contribution in [2.45, 2.75) is 52.5 Å². The summed E-state index contributed by atoms with van der Waals surface area (Å²) in [5.74, 6) is 0.353. The van der Waals surface area contributed by atoms with Crippen molar-refractivity contribution in [2.75, 3.05) is 10.0 Å². The van der Waals surface area contributed by atoms with Crippen molar-refractivity contribution in [3.05, 3.63) is 82.4 Å². The first-order valence-electron chi connectivity index (χ1n) is 10.7. The van der Waals surface area contributed by atoms with E-state index in [2.05, 4.69) is 16.1 Å². The number of ether oxygens (including phenoxy) is 1. The summed E-state index contributed by atoms with van der Waals surface area (Å²) in [6.07, 6.45) is -0.723. The zero-order valence-corrected chi connectivity index (χ0v) is 20.6. The van der Waals surface area contributed by atoms with Crippen LogP contribution < -0.4 is 14.8 Å². The summed E-state index contributed by atoms with van der Waals surface area (Å²) in [6, 6.07) is 15.5. The van der Waals surface area contributed by atoms with Gasteiger partial charge in [-0.25, -0.2) is 8.42 Å². The standard InChI is InChI=1S/C26H30N2O4S/c1-16-7-12-24(19(4)13-16)28-33(30,31)23-10-8-22(9-11-23)27-26(29)21(6)32-25-15-17(2)14-18(3)20(25)5/h7-15,21,28H,1-6H3,(H,27,29)/t21-/m1/s1. The molecule has 7 heteroatoms. The molecule has 0 fully saturated rings. The number of anilines is 2. The van der Waals surface area contributed by atoms with Gasteiger partial charge in [-0.1, -0.05) is 23.8 Å². The van der Waals surface area contributed by atoms with E-state index in [1.807, 2.05) is 52.8 Å². The number of rotatable bonds is 7. The zero-order chi connectivity index (χ0) is 24.3. The van der Waals surface area contributed by atoms with E-state index in [0.717, 1.165) is 27.8 Å². The molecule has 174 valence electrons. The Morgan fingerprint density at radius 3 is 2.12 bits per heavy atom.